The van der Waals surface area contributed by atoms with Gasteiger partial charge in [-0.25, -0.2) is 4.98 Å². The zero-order valence-electron chi connectivity index (χ0n) is 20.5. The van der Waals surface area contributed by atoms with Crippen molar-refractivity contribution in [1.82, 2.24) is 14.4 Å². The van der Waals surface area contributed by atoms with Gasteiger partial charge in [0, 0.05) is 17.4 Å². The normalized spacial score (nSPS) is 12.2. The molecular weight excluding hydrogens is 408 g/mol. The van der Waals surface area contributed by atoms with Gasteiger partial charge in [0.1, 0.15) is 18.1 Å². The van der Waals surface area contributed by atoms with Crippen LogP contribution >= 0.6 is 0 Å². The Balaban J connectivity index is 1.79. The first-order valence-electron chi connectivity index (χ1n) is 11.5. The fourth-order valence-electron chi connectivity index (χ4n) is 4.55. The summed E-state index contributed by atoms with van der Waals surface area (Å²) < 4.78 is 8.30. The lowest BCUT2D eigenvalue weighted by Crippen LogP contribution is -2.36. The number of aromatic nitrogens is 3. The summed E-state index contributed by atoms with van der Waals surface area (Å²) in [5.41, 5.74) is 4.58. The zero-order valence-corrected chi connectivity index (χ0v) is 20.5. The Labute approximate surface area is 196 Å². The van der Waals surface area contributed by atoms with Gasteiger partial charge in [0.25, 0.3) is 0 Å². The minimum Gasteiger partial charge on any atom is -0.485 e. The molecule has 0 unspecified atom stereocenters. The van der Waals surface area contributed by atoms with Gasteiger partial charge in [-0.05, 0) is 62.4 Å². The number of benzene rings is 1. The quantitative estimate of drug-likeness (QED) is 0.338. The van der Waals surface area contributed by atoms with Gasteiger partial charge in [-0.15, -0.1) is 0 Å². The highest BCUT2D eigenvalue weighted by Crippen LogP contribution is 2.36. The number of aryl methyl sites for hydroxylation is 1. The fourth-order valence-corrected chi connectivity index (χ4v) is 4.55. The van der Waals surface area contributed by atoms with Gasteiger partial charge in [-0.3, -0.25) is 9.38 Å². The molecule has 0 radical (unpaired) electrons. The summed E-state index contributed by atoms with van der Waals surface area (Å²) in [7, 11) is 0. The van der Waals surface area contributed by atoms with Crippen molar-refractivity contribution in [3.05, 3.63) is 78.1 Å². The molecule has 0 aliphatic carbocycles. The van der Waals surface area contributed by atoms with Crippen LogP contribution in [0.1, 0.15) is 52.3 Å². The number of nitrogens with one attached hydrogen (secondary N) is 1. The minimum absolute atomic E-state index is 0.145. The molecule has 0 fully saturated rings. The van der Waals surface area contributed by atoms with E-state index in [0.717, 1.165) is 46.3 Å². The molecule has 0 saturated carbocycles. The van der Waals surface area contributed by atoms with Crippen molar-refractivity contribution in [2.75, 3.05) is 5.32 Å². The van der Waals surface area contributed by atoms with Crippen LogP contribution in [0.4, 0.5) is 5.82 Å². The second kappa shape index (κ2) is 8.89. The molecule has 3 heterocycles. The number of anilines is 1. The number of imidazole rings is 1. The lowest BCUT2D eigenvalue weighted by molar-refractivity contribution is 0.301. The first kappa shape index (κ1) is 22.8. The average Bonchev–Trinajstić information content (AvgIpc) is 3.09. The van der Waals surface area contributed by atoms with E-state index in [4.69, 9.17) is 14.7 Å². The van der Waals surface area contributed by atoms with Crippen molar-refractivity contribution >= 4 is 11.5 Å². The maximum atomic E-state index is 6.21. The molecular formula is C28H34N4O. The van der Waals surface area contributed by atoms with Crippen LogP contribution in [0.5, 0.6) is 5.75 Å². The smallest absolute Gasteiger partial charge is 0.182 e. The number of hydrogen-bond donors (Lipinski definition) is 1. The molecule has 0 atom stereocenters. The minimum atomic E-state index is -0.145. The van der Waals surface area contributed by atoms with Gasteiger partial charge in [-0.1, -0.05) is 57.2 Å². The second-order valence-corrected chi connectivity index (χ2v) is 10.6. The number of rotatable bonds is 7. The Morgan fingerprint density at radius 1 is 0.879 bits per heavy atom. The summed E-state index contributed by atoms with van der Waals surface area (Å²) in [6, 6.07) is 20.2. The predicted octanol–water partition coefficient (Wildman–Crippen LogP) is 6.91. The van der Waals surface area contributed by atoms with Crippen LogP contribution in [0.15, 0.2) is 66.9 Å². The van der Waals surface area contributed by atoms with Crippen molar-refractivity contribution in [3.63, 3.8) is 0 Å². The molecule has 33 heavy (non-hydrogen) atoms. The average molecular weight is 443 g/mol. The number of ether oxygens (including phenoxy) is 1. The maximum absolute atomic E-state index is 6.21. The van der Waals surface area contributed by atoms with Crippen molar-refractivity contribution in [3.8, 4) is 17.1 Å². The van der Waals surface area contributed by atoms with Crippen LogP contribution < -0.4 is 10.1 Å². The Kier molecular flexibility index (Phi) is 6.15. The van der Waals surface area contributed by atoms with Gasteiger partial charge in [0.05, 0.1) is 5.69 Å². The molecule has 4 aromatic rings. The van der Waals surface area contributed by atoms with E-state index >= 15 is 0 Å². The van der Waals surface area contributed by atoms with Crippen molar-refractivity contribution in [2.24, 2.45) is 5.41 Å². The summed E-state index contributed by atoms with van der Waals surface area (Å²) in [5.74, 6) is 1.68. The third-order valence-electron chi connectivity index (χ3n) is 5.41. The standard InChI is InChI=1S/C28H34N4O/c1-20-12-10-15-22(29-20)24-26(31-28(5,6)19-27(2,3)4)32-17-11-16-23(25(32)30-24)33-18-21-13-8-7-9-14-21/h7-17,31H,18-19H2,1-6H3. The van der Waals surface area contributed by atoms with Crippen LogP contribution in [0, 0.1) is 12.3 Å². The summed E-state index contributed by atoms with van der Waals surface area (Å²) in [6.07, 6.45) is 3.03. The lowest BCUT2D eigenvalue weighted by Gasteiger charge is -2.34. The van der Waals surface area contributed by atoms with E-state index in [1.807, 2.05) is 61.7 Å². The molecule has 5 heteroatoms. The van der Waals surface area contributed by atoms with Gasteiger partial charge in [-0.2, -0.15) is 0 Å². The van der Waals surface area contributed by atoms with E-state index in [1.165, 1.54) is 0 Å². The lowest BCUT2D eigenvalue weighted by atomic mass is 9.82. The molecule has 0 aliphatic heterocycles. The van der Waals surface area contributed by atoms with Crippen LogP contribution in [0.2, 0.25) is 0 Å². The molecule has 1 aromatic carbocycles. The highest BCUT2D eigenvalue weighted by Gasteiger charge is 2.28. The highest BCUT2D eigenvalue weighted by molar-refractivity contribution is 5.77. The Morgan fingerprint density at radius 2 is 1.64 bits per heavy atom. The molecule has 0 aliphatic rings. The van der Waals surface area contributed by atoms with Crippen molar-refractivity contribution in [1.29, 1.82) is 0 Å². The monoisotopic (exact) mass is 442 g/mol. The molecule has 0 amide bonds. The number of fused-ring (bicyclic) bond motifs is 1. The van der Waals surface area contributed by atoms with Gasteiger partial charge >= 0.3 is 0 Å². The van der Waals surface area contributed by atoms with Crippen LogP contribution in [-0.2, 0) is 6.61 Å². The van der Waals surface area contributed by atoms with Crippen LogP contribution in [0.25, 0.3) is 17.0 Å². The molecule has 4 rings (SSSR count). The summed E-state index contributed by atoms with van der Waals surface area (Å²) in [6.45, 7) is 13.8. The van der Waals surface area contributed by atoms with Crippen molar-refractivity contribution < 1.29 is 4.74 Å². The third-order valence-corrected chi connectivity index (χ3v) is 5.41. The molecule has 5 nitrogen and oxygen atoms in total. The van der Waals surface area contributed by atoms with Crippen LogP contribution in [-0.4, -0.2) is 19.9 Å². The molecule has 0 bridgehead atoms. The maximum Gasteiger partial charge on any atom is 0.182 e. The first-order valence-corrected chi connectivity index (χ1v) is 11.5. The van der Waals surface area contributed by atoms with E-state index < -0.39 is 0 Å². The summed E-state index contributed by atoms with van der Waals surface area (Å²) in [4.78, 5) is 9.80. The SMILES string of the molecule is Cc1cccc(-c2nc3c(OCc4ccccc4)cccn3c2NC(C)(C)CC(C)(C)C)n1. The van der Waals surface area contributed by atoms with Gasteiger partial charge < -0.3 is 10.1 Å². The zero-order chi connectivity index (χ0) is 23.6. The Bertz CT molecular complexity index is 1240. The topological polar surface area (TPSA) is 51.5 Å². The number of hydrogen-bond acceptors (Lipinski definition) is 4. The van der Waals surface area contributed by atoms with Gasteiger partial charge in [0.15, 0.2) is 11.4 Å². The first-order chi connectivity index (χ1) is 15.6. The van der Waals surface area contributed by atoms with E-state index in [2.05, 4.69) is 56.5 Å². The second-order valence-electron chi connectivity index (χ2n) is 10.6. The third kappa shape index (κ3) is 5.54. The number of nitrogens with zero attached hydrogens (tertiary/aromatic N) is 3. The fraction of sp³-hybridized carbons (Fsp3) is 0.357. The predicted molar refractivity (Wildman–Crippen MR) is 136 cm³/mol. The van der Waals surface area contributed by atoms with E-state index in [0.29, 0.717) is 6.61 Å². The Hall–Kier alpha value is -3.34. The van der Waals surface area contributed by atoms with E-state index in [1.54, 1.807) is 0 Å². The largest absolute Gasteiger partial charge is 0.485 e. The van der Waals surface area contributed by atoms with Gasteiger partial charge in [0.2, 0.25) is 0 Å². The molecule has 0 spiro atoms. The van der Waals surface area contributed by atoms with E-state index in [-0.39, 0.29) is 11.0 Å². The highest BCUT2D eigenvalue weighted by atomic mass is 16.5. The Morgan fingerprint density at radius 3 is 2.33 bits per heavy atom. The number of pyridine rings is 2. The molecule has 1 N–H and O–H groups in total. The van der Waals surface area contributed by atoms with Crippen LogP contribution in [0.3, 0.4) is 0 Å². The molecule has 3 aromatic heterocycles. The molecule has 0 saturated heterocycles. The van der Waals surface area contributed by atoms with E-state index in [9.17, 15) is 0 Å². The van der Waals surface area contributed by atoms with Crippen molar-refractivity contribution in [2.45, 2.75) is 60.1 Å². The molecule has 172 valence electrons. The summed E-state index contributed by atoms with van der Waals surface area (Å²) >= 11 is 0. The summed E-state index contributed by atoms with van der Waals surface area (Å²) in [5, 5.41) is 3.79.